The summed E-state index contributed by atoms with van der Waals surface area (Å²) in [5, 5.41) is 0. The number of fused-ring (bicyclic) bond motifs is 3. The molecule has 1 heterocycles. The van der Waals surface area contributed by atoms with E-state index in [4.69, 9.17) is 4.74 Å². The number of esters is 1. The minimum absolute atomic E-state index is 0.291. The van der Waals surface area contributed by atoms with E-state index < -0.39 is 23.7 Å². The molecule has 0 aromatic heterocycles. The fourth-order valence-corrected chi connectivity index (χ4v) is 5.74. The lowest BCUT2D eigenvalue weighted by atomic mass is 9.72. The van der Waals surface area contributed by atoms with Crippen molar-refractivity contribution in [2.75, 3.05) is 0 Å². The van der Waals surface area contributed by atoms with Crippen LogP contribution in [0.2, 0.25) is 0 Å². The van der Waals surface area contributed by atoms with Crippen LogP contribution in [0.1, 0.15) is 49.2 Å². The highest BCUT2D eigenvalue weighted by Gasteiger charge is 2.53. The molecule has 0 bridgehead atoms. The first-order valence-electron chi connectivity index (χ1n) is 12.4. The highest BCUT2D eigenvalue weighted by atomic mass is 16.5. The number of carbonyl (C=O) groups is 3. The van der Waals surface area contributed by atoms with Gasteiger partial charge in [0.25, 0.3) is 0 Å². The second kappa shape index (κ2) is 9.47. The molecular weight excluding hydrogens is 460 g/mol. The predicted octanol–water partition coefficient (Wildman–Crippen LogP) is 6.46. The van der Waals surface area contributed by atoms with Crippen molar-refractivity contribution in [3.8, 4) is 0 Å². The molecule has 0 amide bonds. The number of cyclic esters (lactones) is 1. The van der Waals surface area contributed by atoms with Gasteiger partial charge in [-0.15, -0.1) is 0 Å². The van der Waals surface area contributed by atoms with Crippen LogP contribution in [0, 0.1) is 11.8 Å². The Morgan fingerprint density at radius 1 is 0.622 bits per heavy atom. The van der Waals surface area contributed by atoms with Gasteiger partial charge in [-0.3, -0.25) is 14.4 Å². The number of ketones is 2. The van der Waals surface area contributed by atoms with E-state index >= 15 is 0 Å². The molecule has 37 heavy (non-hydrogen) atoms. The molecule has 0 radical (unpaired) electrons. The molecule has 1 aliphatic heterocycles. The van der Waals surface area contributed by atoms with Gasteiger partial charge in [0.05, 0.1) is 11.8 Å². The Morgan fingerprint density at radius 2 is 1.11 bits per heavy atom. The molecular formula is C33H24O4. The number of hydrogen-bond acceptors (Lipinski definition) is 4. The van der Waals surface area contributed by atoms with Crippen LogP contribution in [-0.4, -0.2) is 17.5 Å². The zero-order valence-corrected chi connectivity index (χ0v) is 20.0. The third-order valence-corrected chi connectivity index (χ3v) is 7.40. The van der Waals surface area contributed by atoms with Gasteiger partial charge in [0, 0.05) is 28.5 Å². The maximum absolute atomic E-state index is 14.0. The minimum atomic E-state index is -1.07. The average Bonchev–Trinajstić information content (AvgIpc) is 3.29. The van der Waals surface area contributed by atoms with E-state index in [9.17, 15) is 14.4 Å². The Balaban J connectivity index is 1.51. The van der Waals surface area contributed by atoms with Crippen LogP contribution < -0.4 is 0 Å². The van der Waals surface area contributed by atoms with Crippen molar-refractivity contribution in [3.05, 3.63) is 149 Å². The van der Waals surface area contributed by atoms with Crippen LogP contribution in [0.25, 0.3) is 5.76 Å². The lowest BCUT2D eigenvalue weighted by Crippen LogP contribution is -2.37. The summed E-state index contributed by atoms with van der Waals surface area (Å²) in [5.41, 5.74) is 3.50. The van der Waals surface area contributed by atoms with E-state index in [2.05, 4.69) is 0 Å². The van der Waals surface area contributed by atoms with Crippen molar-refractivity contribution >= 4 is 23.3 Å². The fraction of sp³-hybridized carbons (Fsp3) is 0.121. The van der Waals surface area contributed by atoms with Crippen molar-refractivity contribution in [2.45, 2.75) is 11.8 Å². The number of rotatable bonds is 6. The molecule has 180 valence electrons. The van der Waals surface area contributed by atoms with Crippen LogP contribution in [0.3, 0.4) is 0 Å². The van der Waals surface area contributed by atoms with Gasteiger partial charge < -0.3 is 4.74 Å². The molecule has 3 atom stereocenters. The fourth-order valence-electron chi connectivity index (χ4n) is 5.74. The van der Waals surface area contributed by atoms with Crippen LogP contribution in [0.15, 0.2) is 121 Å². The molecule has 6 rings (SSSR count). The first kappa shape index (κ1) is 22.9. The maximum atomic E-state index is 14.0. The number of carbonyl (C=O) groups excluding carboxylic acids is 3. The minimum Gasteiger partial charge on any atom is -0.426 e. The molecule has 0 saturated heterocycles. The molecule has 0 saturated carbocycles. The quantitative estimate of drug-likeness (QED) is 0.179. The summed E-state index contributed by atoms with van der Waals surface area (Å²) in [5.74, 6) is -3.20. The summed E-state index contributed by atoms with van der Waals surface area (Å²) >= 11 is 0. The van der Waals surface area contributed by atoms with E-state index in [1.807, 2.05) is 72.8 Å². The summed E-state index contributed by atoms with van der Waals surface area (Å²) in [6.45, 7) is 0. The Morgan fingerprint density at radius 3 is 1.68 bits per heavy atom. The highest BCUT2D eigenvalue weighted by molar-refractivity contribution is 6.17. The number of Topliss-reactive ketones (excluding diaryl/α,β-unsaturated/α-hetero) is 2. The Kier molecular flexibility index (Phi) is 5.85. The van der Waals surface area contributed by atoms with E-state index in [-0.39, 0.29) is 17.5 Å². The second-order valence-corrected chi connectivity index (χ2v) is 9.46. The van der Waals surface area contributed by atoms with Crippen molar-refractivity contribution < 1.29 is 19.1 Å². The van der Waals surface area contributed by atoms with Gasteiger partial charge in [-0.25, -0.2) is 0 Å². The zero-order chi connectivity index (χ0) is 25.4. The SMILES string of the molecule is O=C(c1ccccc1)C(C(=O)c1ccccc1)[C@H]1c2ccccc2[C@@H]2C=C(c3ccccc3)OC(=O)[C@H]12. The number of benzene rings is 4. The van der Waals surface area contributed by atoms with E-state index in [0.29, 0.717) is 16.9 Å². The molecule has 4 aromatic rings. The Hall–Kier alpha value is -4.57. The van der Waals surface area contributed by atoms with Crippen LogP contribution in [-0.2, 0) is 9.53 Å². The Bertz CT molecular complexity index is 1450. The second-order valence-electron chi connectivity index (χ2n) is 9.46. The molecule has 1 aliphatic carbocycles. The normalized spacial score (nSPS) is 20.0. The van der Waals surface area contributed by atoms with E-state index in [1.54, 1.807) is 48.5 Å². The summed E-state index contributed by atoms with van der Waals surface area (Å²) in [6.07, 6.45) is 1.97. The number of ether oxygens (including phenoxy) is 1. The largest absolute Gasteiger partial charge is 0.426 e. The number of allylic oxidation sites excluding steroid dienone is 1. The van der Waals surface area contributed by atoms with Crippen LogP contribution in [0.5, 0.6) is 0 Å². The van der Waals surface area contributed by atoms with Gasteiger partial charge >= 0.3 is 5.97 Å². The maximum Gasteiger partial charge on any atom is 0.315 e. The molecule has 4 heteroatoms. The molecule has 0 N–H and O–H groups in total. The summed E-state index contributed by atoms with van der Waals surface area (Å²) in [6, 6.07) is 34.9. The average molecular weight is 485 g/mol. The van der Waals surface area contributed by atoms with Gasteiger partial charge in [-0.2, -0.15) is 0 Å². The lowest BCUT2D eigenvalue weighted by Gasteiger charge is -2.31. The molecule has 0 spiro atoms. The number of hydrogen-bond donors (Lipinski definition) is 0. The van der Waals surface area contributed by atoms with Crippen molar-refractivity contribution in [3.63, 3.8) is 0 Å². The van der Waals surface area contributed by atoms with Gasteiger partial charge in [0.1, 0.15) is 5.76 Å². The third kappa shape index (κ3) is 4.01. The van der Waals surface area contributed by atoms with Crippen molar-refractivity contribution in [1.29, 1.82) is 0 Å². The zero-order valence-electron chi connectivity index (χ0n) is 20.0. The van der Waals surface area contributed by atoms with Gasteiger partial charge in [-0.1, -0.05) is 115 Å². The van der Waals surface area contributed by atoms with E-state index in [1.165, 1.54) is 0 Å². The summed E-state index contributed by atoms with van der Waals surface area (Å²) < 4.78 is 5.87. The molecule has 4 aromatic carbocycles. The van der Waals surface area contributed by atoms with Crippen LogP contribution >= 0.6 is 0 Å². The monoisotopic (exact) mass is 484 g/mol. The summed E-state index contributed by atoms with van der Waals surface area (Å²) in [7, 11) is 0. The first-order valence-corrected chi connectivity index (χ1v) is 12.4. The Labute approximate surface area is 215 Å². The molecule has 0 unspecified atom stereocenters. The van der Waals surface area contributed by atoms with Gasteiger partial charge in [0.15, 0.2) is 11.6 Å². The van der Waals surface area contributed by atoms with Gasteiger partial charge in [-0.05, 0) is 17.2 Å². The van der Waals surface area contributed by atoms with Crippen molar-refractivity contribution in [1.82, 2.24) is 0 Å². The lowest BCUT2D eigenvalue weighted by molar-refractivity contribution is -0.143. The summed E-state index contributed by atoms with van der Waals surface area (Å²) in [4.78, 5) is 41.7. The first-order chi connectivity index (χ1) is 18.1. The standard InChI is InChI=1S/C33H24O4/c34-31(22-14-6-2-7-15-22)30(32(35)23-16-8-3-9-17-23)28-25-19-11-10-18-24(25)26-20-27(37-33(36)29(26)28)21-12-4-1-5-13-21/h1-20,26,28-30H/t26-,28-,29-/m0/s1. The molecule has 4 nitrogen and oxygen atoms in total. The highest BCUT2D eigenvalue weighted by Crippen LogP contribution is 2.55. The smallest absolute Gasteiger partial charge is 0.315 e. The van der Waals surface area contributed by atoms with Crippen molar-refractivity contribution in [2.24, 2.45) is 11.8 Å². The third-order valence-electron chi connectivity index (χ3n) is 7.40. The molecule has 2 aliphatic rings. The van der Waals surface area contributed by atoms with Crippen LogP contribution in [0.4, 0.5) is 0 Å². The predicted molar refractivity (Wildman–Crippen MR) is 141 cm³/mol. The van der Waals surface area contributed by atoms with Gasteiger partial charge in [0.2, 0.25) is 0 Å². The van der Waals surface area contributed by atoms with E-state index in [0.717, 1.165) is 16.7 Å². The topological polar surface area (TPSA) is 60.4 Å². The molecule has 0 fully saturated rings.